The number of aryl methyl sites for hydroxylation is 1. The molecular formula is C21H36Sn. The average molecular weight is 407 g/mol. The Hall–Kier alpha value is -0.241. The molecule has 0 aliphatic heterocycles. The molecule has 0 bridgehead atoms. The van der Waals surface area contributed by atoms with E-state index in [1.54, 1.807) is 3.59 Å². The van der Waals surface area contributed by atoms with Crippen LogP contribution >= 0.6 is 0 Å². The van der Waals surface area contributed by atoms with E-state index in [1.165, 1.54) is 63.0 Å². The molecule has 0 aliphatic rings. The molecular weight excluding hydrogens is 371 g/mol. The van der Waals surface area contributed by atoms with Crippen molar-refractivity contribution in [2.24, 2.45) is 0 Å². The van der Waals surface area contributed by atoms with Crippen molar-refractivity contribution in [1.82, 2.24) is 0 Å². The van der Waals surface area contributed by atoms with Gasteiger partial charge in [-0.05, 0) is 0 Å². The summed E-state index contributed by atoms with van der Waals surface area (Å²) in [6.07, 6.45) is 8.23. The third-order valence-electron chi connectivity index (χ3n) is 5.14. The maximum atomic E-state index is 4.71. The van der Waals surface area contributed by atoms with E-state index in [1.807, 2.05) is 0 Å². The van der Waals surface area contributed by atoms with Crippen LogP contribution in [-0.2, 0) is 0 Å². The van der Waals surface area contributed by atoms with Gasteiger partial charge in [0.1, 0.15) is 0 Å². The number of rotatable bonds is 11. The monoisotopic (exact) mass is 408 g/mol. The first-order valence-corrected chi connectivity index (χ1v) is 16.8. The van der Waals surface area contributed by atoms with E-state index in [2.05, 4.69) is 52.0 Å². The van der Waals surface area contributed by atoms with Crippen molar-refractivity contribution in [3.05, 3.63) is 42.0 Å². The van der Waals surface area contributed by atoms with Gasteiger partial charge in [0.2, 0.25) is 0 Å². The molecule has 0 aromatic heterocycles. The summed E-state index contributed by atoms with van der Waals surface area (Å²) in [5, 5.41) is 0. The molecule has 124 valence electrons. The SMILES string of the molecule is C=[C](c1ccccc1C)[Sn]([CH2]CCC)([CH2]CCC)[CH2]CCC. The van der Waals surface area contributed by atoms with Gasteiger partial charge in [-0.1, -0.05) is 0 Å². The fourth-order valence-electron chi connectivity index (χ4n) is 3.57. The Balaban J connectivity index is 3.13. The minimum absolute atomic E-state index is 1.33. The van der Waals surface area contributed by atoms with Crippen LogP contribution in [-0.4, -0.2) is 18.4 Å². The molecule has 0 nitrogen and oxygen atoms in total. The summed E-state index contributed by atoms with van der Waals surface area (Å²) in [4.78, 5) is 0. The summed E-state index contributed by atoms with van der Waals surface area (Å²) in [6.45, 7) is 14.0. The molecule has 1 aromatic rings. The van der Waals surface area contributed by atoms with Crippen LogP contribution in [0.4, 0.5) is 0 Å². The molecule has 0 aliphatic carbocycles. The first-order chi connectivity index (χ1) is 10.6. The van der Waals surface area contributed by atoms with Gasteiger partial charge in [-0.25, -0.2) is 0 Å². The van der Waals surface area contributed by atoms with Crippen molar-refractivity contribution in [2.45, 2.75) is 79.5 Å². The van der Waals surface area contributed by atoms with Crippen LogP contribution in [0.15, 0.2) is 30.8 Å². The summed E-state index contributed by atoms with van der Waals surface area (Å²) in [5.74, 6) is 0. The molecule has 0 fully saturated rings. The van der Waals surface area contributed by atoms with Gasteiger partial charge >= 0.3 is 143 Å². The van der Waals surface area contributed by atoms with E-state index >= 15 is 0 Å². The molecule has 0 saturated heterocycles. The zero-order chi connectivity index (χ0) is 16.4. The summed E-state index contributed by atoms with van der Waals surface area (Å²) < 4.78 is 6.15. The molecule has 0 radical (unpaired) electrons. The molecule has 0 N–H and O–H groups in total. The molecule has 0 spiro atoms. The third kappa shape index (κ3) is 5.44. The van der Waals surface area contributed by atoms with Crippen molar-refractivity contribution in [2.75, 3.05) is 0 Å². The van der Waals surface area contributed by atoms with Crippen molar-refractivity contribution >= 4 is 22.0 Å². The first-order valence-electron chi connectivity index (χ1n) is 9.36. The van der Waals surface area contributed by atoms with Crippen LogP contribution in [0.2, 0.25) is 13.3 Å². The molecule has 0 saturated carbocycles. The Labute approximate surface area is 143 Å². The van der Waals surface area contributed by atoms with Crippen LogP contribution in [0, 0.1) is 6.92 Å². The fourth-order valence-corrected chi connectivity index (χ4v) is 19.5. The number of unbranched alkanes of at least 4 members (excludes halogenated alkanes) is 3. The van der Waals surface area contributed by atoms with E-state index in [9.17, 15) is 0 Å². The normalized spacial score (nSPS) is 11.6. The van der Waals surface area contributed by atoms with Crippen molar-refractivity contribution in [1.29, 1.82) is 0 Å². The van der Waals surface area contributed by atoms with E-state index in [4.69, 9.17) is 6.58 Å². The van der Waals surface area contributed by atoms with Crippen molar-refractivity contribution in [3.8, 4) is 0 Å². The standard InChI is InChI=1S/C9H9.3C4H9.Sn/c1-3-9-7-5-4-6-8(9)2;3*1-3-4-2;/h4-7H,1H2,2H3;3*1,3-4H2,2H3;. The zero-order valence-electron chi connectivity index (χ0n) is 15.4. The molecule has 0 unspecified atom stereocenters. The van der Waals surface area contributed by atoms with Crippen LogP contribution in [0.5, 0.6) is 0 Å². The Bertz CT molecular complexity index is 425. The van der Waals surface area contributed by atoms with E-state index in [-0.39, 0.29) is 0 Å². The van der Waals surface area contributed by atoms with Crippen LogP contribution in [0.25, 0.3) is 3.59 Å². The molecule has 0 heterocycles. The molecule has 0 amide bonds. The van der Waals surface area contributed by atoms with Gasteiger partial charge in [0.15, 0.2) is 0 Å². The Morgan fingerprint density at radius 3 is 1.73 bits per heavy atom. The zero-order valence-corrected chi connectivity index (χ0v) is 18.2. The van der Waals surface area contributed by atoms with E-state index in [0.29, 0.717) is 0 Å². The molecule has 0 atom stereocenters. The van der Waals surface area contributed by atoms with E-state index < -0.39 is 18.4 Å². The first kappa shape index (κ1) is 19.8. The summed E-state index contributed by atoms with van der Waals surface area (Å²) in [6, 6.07) is 8.95. The van der Waals surface area contributed by atoms with Crippen molar-refractivity contribution in [3.63, 3.8) is 0 Å². The third-order valence-corrected chi connectivity index (χ3v) is 20.8. The Kier molecular flexibility index (Phi) is 9.47. The summed E-state index contributed by atoms with van der Waals surface area (Å²) in [5.41, 5.74) is 2.92. The second kappa shape index (κ2) is 10.5. The van der Waals surface area contributed by atoms with Gasteiger partial charge in [-0.15, -0.1) is 0 Å². The van der Waals surface area contributed by atoms with Gasteiger partial charge in [0, 0.05) is 0 Å². The van der Waals surface area contributed by atoms with Crippen molar-refractivity contribution < 1.29 is 0 Å². The topological polar surface area (TPSA) is 0 Å². The Morgan fingerprint density at radius 1 is 0.864 bits per heavy atom. The second-order valence-corrected chi connectivity index (χ2v) is 20.2. The molecule has 22 heavy (non-hydrogen) atoms. The predicted octanol–water partition coefficient (Wildman–Crippen LogP) is 7.40. The van der Waals surface area contributed by atoms with Gasteiger partial charge < -0.3 is 0 Å². The molecule has 1 heteroatoms. The quantitative estimate of drug-likeness (QED) is 0.336. The van der Waals surface area contributed by atoms with Gasteiger partial charge in [-0.2, -0.15) is 0 Å². The number of benzene rings is 1. The molecule has 1 rings (SSSR count). The van der Waals surface area contributed by atoms with Gasteiger partial charge in [0.25, 0.3) is 0 Å². The molecule has 1 aromatic carbocycles. The van der Waals surface area contributed by atoms with Crippen LogP contribution in [0.1, 0.15) is 70.4 Å². The summed E-state index contributed by atoms with van der Waals surface area (Å²) in [7, 11) is 0. The van der Waals surface area contributed by atoms with E-state index in [0.717, 1.165) is 0 Å². The maximum absolute atomic E-state index is 4.71. The van der Waals surface area contributed by atoms with Gasteiger partial charge in [-0.3, -0.25) is 0 Å². The van der Waals surface area contributed by atoms with Crippen LogP contribution < -0.4 is 0 Å². The second-order valence-electron chi connectivity index (χ2n) is 6.88. The predicted molar refractivity (Wildman–Crippen MR) is 105 cm³/mol. The van der Waals surface area contributed by atoms with Gasteiger partial charge in [0.05, 0.1) is 0 Å². The number of hydrogen-bond donors (Lipinski definition) is 0. The number of hydrogen-bond acceptors (Lipinski definition) is 0. The summed E-state index contributed by atoms with van der Waals surface area (Å²) >= 11 is -2.32. The van der Waals surface area contributed by atoms with Crippen LogP contribution in [0.3, 0.4) is 0 Å². The Morgan fingerprint density at radius 2 is 1.32 bits per heavy atom. The minimum atomic E-state index is -2.32. The average Bonchev–Trinajstić information content (AvgIpc) is 2.54. The fraction of sp³-hybridized carbons (Fsp3) is 0.619.